The SMILES string of the molecule is c1cn(CCCNC2CC[N]CC2)cn1. The third-order valence-corrected chi connectivity index (χ3v) is 2.86. The van der Waals surface area contributed by atoms with Gasteiger partial charge in [-0.3, -0.25) is 0 Å². The van der Waals surface area contributed by atoms with Crippen molar-refractivity contribution in [1.82, 2.24) is 20.2 Å². The smallest absolute Gasteiger partial charge is 0.0945 e. The van der Waals surface area contributed by atoms with E-state index >= 15 is 0 Å². The molecule has 0 aromatic carbocycles. The standard InChI is InChI=1S/C11H19N4/c1(8-15-9-7-13-10-15)4-14-11-2-5-12-6-3-11/h7,9-11,14H,1-6,8H2. The summed E-state index contributed by atoms with van der Waals surface area (Å²) in [5, 5.41) is 7.93. The van der Waals surface area contributed by atoms with Crippen molar-refractivity contribution in [3.63, 3.8) is 0 Å². The zero-order chi connectivity index (χ0) is 10.3. The maximum absolute atomic E-state index is 4.34. The third-order valence-electron chi connectivity index (χ3n) is 2.86. The van der Waals surface area contributed by atoms with Crippen LogP contribution in [0.5, 0.6) is 0 Å². The normalized spacial score (nSPS) is 18.1. The highest BCUT2D eigenvalue weighted by Gasteiger charge is 2.11. The highest BCUT2D eigenvalue weighted by Crippen LogP contribution is 2.02. The Morgan fingerprint density at radius 1 is 1.33 bits per heavy atom. The van der Waals surface area contributed by atoms with Crippen LogP contribution < -0.4 is 10.6 Å². The monoisotopic (exact) mass is 207 g/mol. The molecule has 1 aromatic heterocycles. The van der Waals surface area contributed by atoms with E-state index in [4.69, 9.17) is 0 Å². The quantitative estimate of drug-likeness (QED) is 0.720. The van der Waals surface area contributed by atoms with Crippen LogP contribution in [0.15, 0.2) is 18.7 Å². The minimum absolute atomic E-state index is 0.699. The van der Waals surface area contributed by atoms with E-state index in [1.807, 2.05) is 18.7 Å². The molecular formula is C11H19N4. The average Bonchev–Trinajstić information content (AvgIpc) is 2.79. The van der Waals surface area contributed by atoms with Crippen molar-refractivity contribution in [3.8, 4) is 0 Å². The number of aryl methyl sites for hydroxylation is 1. The van der Waals surface area contributed by atoms with Gasteiger partial charge in [0.15, 0.2) is 0 Å². The van der Waals surface area contributed by atoms with Gasteiger partial charge in [0.25, 0.3) is 0 Å². The second kappa shape index (κ2) is 5.88. The van der Waals surface area contributed by atoms with E-state index in [0.29, 0.717) is 6.04 Å². The van der Waals surface area contributed by atoms with Crippen LogP contribution in [0.2, 0.25) is 0 Å². The van der Waals surface area contributed by atoms with E-state index < -0.39 is 0 Å². The first-order chi connectivity index (χ1) is 7.45. The van der Waals surface area contributed by atoms with E-state index in [2.05, 4.69) is 20.2 Å². The Kier molecular flexibility index (Phi) is 4.17. The van der Waals surface area contributed by atoms with E-state index in [9.17, 15) is 0 Å². The van der Waals surface area contributed by atoms with Gasteiger partial charge in [-0.2, -0.15) is 0 Å². The molecular weight excluding hydrogens is 188 g/mol. The zero-order valence-electron chi connectivity index (χ0n) is 9.10. The molecule has 0 saturated carbocycles. The number of piperidine rings is 1. The molecule has 0 spiro atoms. The fourth-order valence-electron chi connectivity index (χ4n) is 1.94. The largest absolute Gasteiger partial charge is 0.337 e. The predicted molar refractivity (Wildman–Crippen MR) is 59.7 cm³/mol. The molecule has 0 unspecified atom stereocenters. The third kappa shape index (κ3) is 3.64. The van der Waals surface area contributed by atoms with Crippen molar-refractivity contribution in [1.29, 1.82) is 0 Å². The van der Waals surface area contributed by atoms with Crippen LogP contribution in [0.4, 0.5) is 0 Å². The predicted octanol–water partition coefficient (Wildman–Crippen LogP) is 0.630. The van der Waals surface area contributed by atoms with Crippen molar-refractivity contribution >= 4 is 0 Å². The van der Waals surface area contributed by atoms with E-state index in [0.717, 1.165) is 26.2 Å². The van der Waals surface area contributed by atoms with Crippen LogP contribution in [0.1, 0.15) is 19.3 Å². The fraction of sp³-hybridized carbons (Fsp3) is 0.727. The lowest BCUT2D eigenvalue weighted by atomic mass is 10.1. The number of hydrogen-bond donors (Lipinski definition) is 1. The molecule has 1 fully saturated rings. The van der Waals surface area contributed by atoms with Crippen LogP contribution in [0.25, 0.3) is 0 Å². The summed E-state index contributed by atoms with van der Waals surface area (Å²) in [6.45, 7) is 4.24. The van der Waals surface area contributed by atoms with Crippen LogP contribution in [-0.2, 0) is 6.54 Å². The number of aromatic nitrogens is 2. The first-order valence-electron chi connectivity index (χ1n) is 5.77. The molecule has 83 valence electrons. The number of nitrogens with one attached hydrogen (secondary N) is 1. The summed E-state index contributed by atoms with van der Waals surface area (Å²) in [7, 11) is 0. The molecule has 0 atom stereocenters. The minimum atomic E-state index is 0.699. The Bertz CT molecular complexity index is 252. The van der Waals surface area contributed by atoms with Gasteiger partial charge < -0.3 is 9.88 Å². The summed E-state index contributed by atoms with van der Waals surface area (Å²) in [5.41, 5.74) is 0. The van der Waals surface area contributed by atoms with E-state index in [1.165, 1.54) is 19.3 Å². The molecule has 0 aliphatic carbocycles. The molecule has 0 bridgehead atoms. The maximum Gasteiger partial charge on any atom is 0.0945 e. The van der Waals surface area contributed by atoms with Crippen molar-refractivity contribution in [2.75, 3.05) is 19.6 Å². The number of nitrogens with zero attached hydrogens (tertiary/aromatic N) is 3. The Morgan fingerprint density at radius 2 is 2.20 bits per heavy atom. The Labute approximate surface area is 91.1 Å². The molecule has 1 aliphatic rings. The van der Waals surface area contributed by atoms with Crippen LogP contribution in [0, 0.1) is 0 Å². The van der Waals surface area contributed by atoms with Crippen LogP contribution >= 0.6 is 0 Å². The molecule has 1 aliphatic heterocycles. The minimum Gasteiger partial charge on any atom is -0.337 e. The molecule has 1 radical (unpaired) electrons. The second-order valence-electron chi connectivity index (χ2n) is 4.05. The lowest BCUT2D eigenvalue weighted by Crippen LogP contribution is -2.38. The molecule has 0 amide bonds. The first kappa shape index (κ1) is 10.6. The highest BCUT2D eigenvalue weighted by atomic mass is 15.0. The second-order valence-corrected chi connectivity index (χ2v) is 4.05. The summed E-state index contributed by atoms with van der Waals surface area (Å²) in [5.74, 6) is 0. The van der Waals surface area contributed by atoms with Crippen molar-refractivity contribution in [2.24, 2.45) is 0 Å². The van der Waals surface area contributed by atoms with Crippen LogP contribution in [-0.4, -0.2) is 35.2 Å². The number of imidazole rings is 1. The van der Waals surface area contributed by atoms with Gasteiger partial charge in [0.05, 0.1) is 6.33 Å². The van der Waals surface area contributed by atoms with Gasteiger partial charge >= 0.3 is 0 Å². The molecule has 1 aromatic rings. The lowest BCUT2D eigenvalue weighted by molar-refractivity contribution is 0.378. The molecule has 2 rings (SSSR count). The summed E-state index contributed by atoms with van der Waals surface area (Å²) in [6.07, 6.45) is 9.31. The van der Waals surface area contributed by atoms with Crippen molar-refractivity contribution in [2.45, 2.75) is 31.8 Å². The molecule has 1 saturated heterocycles. The summed E-state index contributed by atoms with van der Waals surface area (Å²) in [4.78, 5) is 4.02. The molecule has 2 heterocycles. The fourth-order valence-corrected chi connectivity index (χ4v) is 1.94. The Morgan fingerprint density at radius 3 is 2.93 bits per heavy atom. The van der Waals surface area contributed by atoms with Gasteiger partial charge in [-0.15, -0.1) is 0 Å². The molecule has 4 heteroatoms. The molecule has 15 heavy (non-hydrogen) atoms. The van der Waals surface area contributed by atoms with Crippen molar-refractivity contribution < 1.29 is 0 Å². The highest BCUT2D eigenvalue weighted by molar-refractivity contribution is 4.75. The zero-order valence-corrected chi connectivity index (χ0v) is 9.10. The maximum atomic E-state index is 4.34. The van der Waals surface area contributed by atoms with Gasteiger partial charge in [0, 0.05) is 38.1 Å². The Balaban J connectivity index is 1.54. The van der Waals surface area contributed by atoms with Gasteiger partial charge in [-0.1, -0.05) is 0 Å². The lowest BCUT2D eigenvalue weighted by Gasteiger charge is -2.22. The molecule has 4 nitrogen and oxygen atoms in total. The van der Waals surface area contributed by atoms with Crippen molar-refractivity contribution in [3.05, 3.63) is 18.7 Å². The number of rotatable bonds is 5. The Hall–Kier alpha value is -0.870. The molecule has 1 N–H and O–H groups in total. The van der Waals surface area contributed by atoms with Gasteiger partial charge in [-0.05, 0) is 25.8 Å². The summed E-state index contributed by atoms with van der Waals surface area (Å²) < 4.78 is 2.12. The summed E-state index contributed by atoms with van der Waals surface area (Å²) in [6, 6.07) is 0.699. The topological polar surface area (TPSA) is 44.0 Å². The van der Waals surface area contributed by atoms with Gasteiger partial charge in [0.1, 0.15) is 0 Å². The van der Waals surface area contributed by atoms with Gasteiger partial charge in [-0.25, -0.2) is 10.3 Å². The summed E-state index contributed by atoms with van der Waals surface area (Å²) >= 11 is 0. The first-order valence-corrected chi connectivity index (χ1v) is 5.77. The van der Waals surface area contributed by atoms with Gasteiger partial charge in [0.2, 0.25) is 0 Å². The van der Waals surface area contributed by atoms with Crippen LogP contribution in [0.3, 0.4) is 0 Å². The van der Waals surface area contributed by atoms with E-state index in [1.54, 1.807) is 0 Å². The average molecular weight is 207 g/mol. The van der Waals surface area contributed by atoms with E-state index in [-0.39, 0.29) is 0 Å². The number of hydrogen-bond acceptors (Lipinski definition) is 2.